The Bertz CT molecular complexity index is 1260. The Hall–Kier alpha value is -4.24. The molecule has 0 radical (unpaired) electrons. The van der Waals surface area contributed by atoms with Gasteiger partial charge < -0.3 is 21.1 Å². The average Bonchev–Trinajstić information content (AvgIpc) is 3.25. The first-order valence-electron chi connectivity index (χ1n) is 9.63. The largest absolute Gasteiger partial charge is 0.478 e. The van der Waals surface area contributed by atoms with E-state index in [0.717, 1.165) is 27.6 Å². The van der Waals surface area contributed by atoms with Crippen molar-refractivity contribution >= 4 is 45.5 Å². The molecule has 2 aromatic heterocycles. The van der Waals surface area contributed by atoms with Gasteiger partial charge in [-0.05, 0) is 61.0 Å². The van der Waals surface area contributed by atoms with Crippen LogP contribution in [-0.2, 0) is 0 Å². The van der Waals surface area contributed by atoms with Crippen molar-refractivity contribution in [3.63, 3.8) is 0 Å². The fourth-order valence-electron chi connectivity index (χ4n) is 2.92. The van der Waals surface area contributed by atoms with E-state index in [-0.39, 0.29) is 5.56 Å². The summed E-state index contributed by atoms with van der Waals surface area (Å²) in [5.74, 6) is -1.02. The molecule has 2 heterocycles. The molecule has 32 heavy (non-hydrogen) atoms. The molecule has 0 saturated carbocycles. The Morgan fingerprint density at radius 3 is 2.47 bits per heavy atom. The maximum atomic E-state index is 12.3. The van der Waals surface area contributed by atoms with E-state index in [9.17, 15) is 9.59 Å². The number of carboxylic acids is 1. The van der Waals surface area contributed by atoms with Gasteiger partial charge in [0, 0.05) is 40.4 Å². The van der Waals surface area contributed by atoms with Crippen LogP contribution in [0, 0.1) is 6.92 Å². The molecule has 0 aliphatic heterocycles. The second-order valence-corrected chi connectivity index (χ2v) is 7.75. The number of hydrogen-bond acceptors (Lipinski definition) is 6. The number of hydrogen-bond donors (Lipinski definition) is 4. The molecular weight excluding hydrogens is 426 g/mol. The van der Waals surface area contributed by atoms with E-state index in [2.05, 4.69) is 25.9 Å². The topological polar surface area (TPSA) is 116 Å². The smallest absolute Gasteiger partial charge is 0.335 e. The van der Waals surface area contributed by atoms with E-state index < -0.39 is 12.0 Å². The number of pyridine rings is 1. The van der Waals surface area contributed by atoms with Gasteiger partial charge in [-0.15, -0.1) is 11.3 Å². The molecule has 4 N–H and O–H groups in total. The zero-order valence-electron chi connectivity index (χ0n) is 17.0. The molecule has 0 aliphatic rings. The minimum absolute atomic E-state index is 0.152. The van der Waals surface area contributed by atoms with Crippen molar-refractivity contribution in [1.82, 2.24) is 9.97 Å². The number of benzene rings is 2. The van der Waals surface area contributed by atoms with Crippen LogP contribution in [-0.4, -0.2) is 27.1 Å². The van der Waals surface area contributed by atoms with Crippen molar-refractivity contribution in [3.8, 4) is 11.3 Å². The lowest BCUT2D eigenvalue weighted by Gasteiger charge is -2.12. The zero-order chi connectivity index (χ0) is 22.5. The first-order chi connectivity index (χ1) is 15.5. The monoisotopic (exact) mass is 445 g/mol. The molecule has 0 unspecified atom stereocenters. The predicted molar refractivity (Wildman–Crippen MR) is 126 cm³/mol. The highest BCUT2D eigenvalue weighted by atomic mass is 32.1. The van der Waals surface area contributed by atoms with Crippen molar-refractivity contribution in [3.05, 3.63) is 83.5 Å². The molecule has 0 atom stereocenters. The number of rotatable bonds is 6. The van der Waals surface area contributed by atoms with Crippen LogP contribution in [0.15, 0.2) is 72.4 Å². The van der Waals surface area contributed by atoms with Crippen LogP contribution >= 0.6 is 11.3 Å². The number of aryl methyl sites for hydroxylation is 1. The fourth-order valence-corrected chi connectivity index (χ4v) is 3.65. The molecule has 0 bridgehead atoms. The van der Waals surface area contributed by atoms with Crippen LogP contribution in [0.5, 0.6) is 0 Å². The Morgan fingerprint density at radius 1 is 1.00 bits per heavy atom. The molecule has 8 nitrogen and oxygen atoms in total. The number of urea groups is 1. The van der Waals surface area contributed by atoms with E-state index in [1.807, 2.05) is 36.6 Å². The van der Waals surface area contributed by atoms with Gasteiger partial charge in [0.25, 0.3) is 0 Å². The standard InChI is InChI=1S/C23H19N5O3S/c1-14-4-7-18(26-22(31)25-17-8-5-15(6-9-17)21(29)30)11-19(14)27-23-28-20(13-32-23)16-3-2-10-24-12-16/h2-13H,1H3,(H,27,28)(H,29,30)(H2,25,26,31). The minimum Gasteiger partial charge on any atom is -0.478 e. The second-order valence-electron chi connectivity index (χ2n) is 6.90. The van der Waals surface area contributed by atoms with Crippen LogP contribution in [0.25, 0.3) is 11.3 Å². The third kappa shape index (κ3) is 5.08. The normalized spacial score (nSPS) is 10.4. The summed E-state index contributed by atoms with van der Waals surface area (Å²) >= 11 is 1.48. The second kappa shape index (κ2) is 9.27. The lowest BCUT2D eigenvalue weighted by atomic mass is 10.2. The van der Waals surface area contributed by atoms with Gasteiger partial charge in [-0.2, -0.15) is 0 Å². The van der Waals surface area contributed by atoms with E-state index >= 15 is 0 Å². The predicted octanol–water partition coefficient (Wildman–Crippen LogP) is 5.60. The number of aromatic nitrogens is 2. The molecule has 9 heteroatoms. The molecule has 2 aromatic carbocycles. The molecule has 0 spiro atoms. The summed E-state index contributed by atoms with van der Waals surface area (Å²) in [5, 5.41) is 20.4. The number of aromatic carboxylic acids is 1. The number of carboxylic acid groups (broad SMARTS) is 1. The average molecular weight is 446 g/mol. The molecule has 2 amide bonds. The van der Waals surface area contributed by atoms with Gasteiger partial charge in [0.05, 0.1) is 11.3 Å². The lowest BCUT2D eigenvalue weighted by molar-refractivity contribution is 0.0697. The maximum Gasteiger partial charge on any atom is 0.335 e. The molecule has 4 rings (SSSR count). The maximum absolute atomic E-state index is 12.3. The summed E-state index contributed by atoms with van der Waals surface area (Å²) in [4.78, 5) is 32.0. The summed E-state index contributed by atoms with van der Waals surface area (Å²) in [6.07, 6.45) is 3.49. The lowest BCUT2D eigenvalue weighted by Crippen LogP contribution is -2.19. The third-order valence-corrected chi connectivity index (χ3v) is 5.35. The minimum atomic E-state index is -1.02. The van der Waals surface area contributed by atoms with Crippen molar-refractivity contribution in [2.45, 2.75) is 6.92 Å². The molecule has 0 fully saturated rings. The first kappa shape index (κ1) is 21.0. The Morgan fingerprint density at radius 2 is 1.75 bits per heavy atom. The van der Waals surface area contributed by atoms with Gasteiger partial charge in [-0.3, -0.25) is 4.98 Å². The molecular formula is C23H19N5O3S. The fraction of sp³-hybridized carbons (Fsp3) is 0.0435. The number of nitrogens with one attached hydrogen (secondary N) is 3. The van der Waals surface area contributed by atoms with Gasteiger partial charge in [-0.1, -0.05) is 6.07 Å². The number of nitrogens with zero attached hydrogens (tertiary/aromatic N) is 2. The molecule has 4 aromatic rings. The molecule has 0 saturated heterocycles. The summed E-state index contributed by atoms with van der Waals surface area (Å²) < 4.78 is 0. The zero-order valence-corrected chi connectivity index (χ0v) is 17.8. The number of anilines is 4. The van der Waals surface area contributed by atoms with Crippen molar-refractivity contribution in [1.29, 1.82) is 0 Å². The summed E-state index contributed by atoms with van der Waals surface area (Å²) in [6.45, 7) is 1.96. The van der Waals surface area contributed by atoms with Crippen molar-refractivity contribution < 1.29 is 14.7 Å². The molecule has 160 valence electrons. The highest BCUT2D eigenvalue weighted by Gasteiger charge is 2.09. The summed E-state index contributed by atoms with van der Waals surface area (Å²) in [7, 11) is 0. The number of carbonyl (C=O) groups is 2. The van der Waals surface area contributed by atoms with Gasteiger partial charge in [0.1, 0.15) is 0 Å². The SMILES string of the molecule is Cc1ccc(NC(=O)Nc2ccc(C(=O)O)cc2)cc1Nc1nc(-c2cccnc2)cs1. The quantitative estimate of drug-likeness (QED) is 0.307. The van der Waals surface area contributed by atoms with E-state index in [0.29, 0.717) is 11.4 Å². The van der Waals surface area contributed by atoms with Gasteiger partial charge in [0.15, 0.2) is 5.13 Å². The van der Waals surface area contributed by atoms with Gasteiger partial charge >= 0.3 is 12.0 Å². The Labute approximate surface area is 188 Å². The third-order valence-electron chi connectivity index (χ3n) is 4.59. The highest BCUT2D eigenvalue weighted by molar-refractivity contribution is 7.14. The van der Waals surface area contributed by atoms with Crippen molar-refractivity contribution in [2.75, 3.05) is 16.0 Å². The van der Waals surface area contributed by atoms with Crippen LogP contribution in [0.1, 0.15) is 15.9 Å². The van der Waals surface area contributed by atoms with Crippen molar-refractivity contribution in [2.24, 2.45) is 0 Å². The van der Waals surface area contributed by atoms with E-state index in [4.69, 9.17) is 5.11 Å². The Kier molecular flexibility index (Phi) is 6.09. The first-order valence-corrected chi connectivity index (χ1v) is 10.5. The van der Waals surface area contributed by atoms with E-state index in [1.54, 1.807) is 18.5 Å². The van der Waals surface area contributed by atoms with Crippen LogP contribution in [0.4, 0.5) is 27.0 Å². The number of carbonyl (C=O) groups excluding carboxylic acids is 1. The van der Waals surface area contributed by atoms with Gasteiger partial charge in [-0.25, -0.2) is 14.6 Å². The summed E-state index contributed by atoms with van der Waals surface area (Å²) in [5.41, 5.74) is 4.84. The van der Waals surface area contributed by atoms with E-state index in [1.165, 1.54) is 35.6 Å². The number of amides is 2. The summed E-state index contributed by atoms with van der Waals surface area (Å²) in [6, 6.07) is 14.8. The van der Waals surface area contributed by atoms with Crippen LogP contribution in [0.2, 0.25) is 0 Å². The highest BCUT2D eigenvalue weighted by Crippen LogP contribution is 2.29. The molecule has 0 aliphatic carbocycles. The van der Waals surface area contributed by atoms with Crippen LogP contribution < -0.4 is 16.0 Å². The number of thiazole rings is 1. The van der Waals surface area contributed by atoms with Gasteiger partial charge in [0.2, 0.25) is 0 Å². The Balaban J connectivity index is 1.43. The van der Waals surface area contributed by atoms with Crippen LogP contribution in [0.3, 0.4) is 0 Å².